The molecule has 0 aliphatic carbocycles. The maximum Gasteiger partial charge on any atom is 0.319 e. The summed E-state index contributed by atoms with van der Waals surface area (Å²) in [6.45, 7) is 0. The third-order valence-corrected chi connectivity index (χ3v) is 9.13. The zero-order valence-electron chi connectivity index (χ0n) is 20.6. The predicted molar refractivity (Wildman–Crippen MR) is 153 cm³/mol. The Morgan fingerprint density at radius 2 is 1.36 bits per heavy atom. The van der Waals surface area contributed by atoms with Gasteiger partial charge < -0.3 is 10.4 Å². The van der Waals surface area contributed by atoms with Crippen LogP contribution < -0.4 is 5.32 Å². The van der Waals surface area contributed by atoms with Crippen LogP contribution in [0.4, 0.5) is 23.0 Å². The molecule has 0 bridgehead atoms. The van der Waals surface area contributed by atoms with Gasteiger partial charge in [0.1, 0.15) is 9.79 Å². The van der Waals surface area contributed by atoms with E-state index in [2.05, 4.69) is 43.1 Å². The van der Waals surface area contributed by atoms with Crippen LogP contribution in [0, 0.1) is 0 Å². The summed E-state index contributed by atoms with van der Waals surface area (Å²) in [5.74, 6) is 1.25. The summed E-state index contributed by atoms with van der Waals surface area (Å²) >= 11 is 5.38. The molecule has 1 heterocycles. The number of anilines is 2. The number of aromatic nitrogens is 3. The molecule has 0 saturated heterocycles. The van der Waals surface area contributed by atoms with Gasteiger partial charge in [-0.2, -0.15) is 63.1 Å². The van der Waals surface area contributed by atoms with E-state index in [4.69, 9.17) is 0 Å². The van der Waals surface area contributed by atoms with E-state index in [9.17, 15) is 44.0 Å². The SMILES string of the molecule is O=S(=O)(O)c1cc(S(=O)(=O)O)c2cc(/N=N/c3ccc(Nc4nc(O)nc(SCCS)n4)cc3)cc(S(=O)(=O)O)c2c1. The topological polar surface area (TPSA) is 259 Å². The molecule has 0 atom stereocenters. The second kappa shape index (κ2) is 12.0. The van der Waals surface area contributed by atoms with E-state index in [0.29, 0.717) is 29.3 Å². The predicted octanol–water partition coefficient (Wildman–Crippen LogP) is 3.65. The first-order valence-electron chi connectivity index (χ1n) is 11.1. The molecule has 16 nitrogen and oxygen atoms in total. The van der Waals surface area contributed by atoms with E-state index in [1.807, 2.05) is 0 Å². The first-order valence-corrected chi connectivity index (χ1v) is 17.0. The standard InChI is InChI=1S/C21H18N6O10S5/c28-20-23-19(24-21(25-20)39-6-5-38)22-11-1-3-12(4-2-11)26-27-13-7-15-16(17(8-13)41(32,33)34)9-14(40(29,30)31)10-18(15)42(35,36)37/h1-4,7-10,38H,5-6H2,(H,29,30,31)(H,32,33,34)(H,35,36,37)(H2,22,23,24,25,28)/b27-26+. The molecule has 222 valence electrons. The van der Waals surface area contributed by atoms with Crippen LogP contribution in [0.1, 0.15) is 0 Å². The number of nitrogens with one attached hydrogen (secondary N) is 1. The van der Waals surface area contributed by atoms with Gasteiger partial charge in [-0.3, -0.25) is 13.7 Å². The normalized spacial score (nSPS) is 12.7. The van der Waals surface area contributed by atoms with Crippen molar-refractivity contribution in [2.75, 3.05) is 16.8 Å². The highest BCUT2D eigenvalue weighted by Crippen LogP contribution is 2.36. The van der Waals surface area contributed by atoms with Crippen molar-refractivity contribution in [1.29, 1.82) is 0 Å². The number of hydrogen-bond donors (Lipinski definition) is 6. The Morgan fingerprint density at radius 3 is 1.95 bits per heavy atom. The maximum atomic E-state index is 12.1. The first-order chi connectivity index (χ1) is 19.5. The van der Waals surface area contributed by atoms with Gasteiger partial charge in [-0.1, -0.05) is 11.8 Å². The lowest BCUT2D eigenvalue weighted by molar-refractivity contribution is 0.422. The molecule has 5 N–H and O–H groups in total. The highest BCUT2D eigenvalue weighted by Gasteiger charge is 2.25. The Bertz CT molecular complexity index is 2040. The van der Waals surface area contributed by atoms with Crippen molar-refractivity contribution >= 4 is 88.5 Å². The minimum absolute atomic E-state index is 0.0687. The third-order valence-electron chi connectivity index (χ3n) is 5.14. The maximum absolute atomic E-state index is 12.1. The molecule has 0 aliphatic heterocycles. The minimum Gasteiger partial charge on any atom is -0.479 e. The average molecular weight is 675 g/mol. The Labute approximate surface area is 248 Å². The number of nitrogens with zero attached hydrogens (tertiary/aromatic N) is 5. The molecule has 21 heteroatoms. The van der Waals surface area contributed by atoms with Crippen molar-refractivity contribution in [3.05, 3.63) is 48.5 Å². The lowest BCUT2D eigenvalue weighted by Gasteiger charge is -2.11. The van der Waals surface area contributed by atoms with Gasteiger partial charge in [0.15, 0.2) is 5.16 Å². The fraction of sp³-hybridized carbons (Fsp3) is 0.0952. The van der Waals surface area contributed by atoms with E-state index >= 15 is 0 Å². The monoisotopic (exact) mass is 674 g/mol. The molecule has 1 aromatic heterocycles. The molecular weight excluding hydrogens is 657 g/mol. The highest BCUT2D eigenvalue weighted by molar-refractivity contribution is 7.99. The number of aromatic hydroxyl groups is 1. The van der Waals surface area contributed by atoms with Crippen LogP contribution in [0.5, 0.6) is 6.01 Å². The Kier molecular flexibility index (Phi) is 9.03. The van der Waals surface area contributed by atoms with Crippen LogP contribution in [-0.4, -0.2) is 70.5 Å². The van der Waals surface area contributed by atoms with Crippen molar-refractivity contribution in [1.82, 2.24) is 15.0 Å². The summed E-state index contributed by atoms with van der Waals surface area (Å²) in [6, 6.07) is 8.38. The zero-order valence-corrected chi connectivity index (χ0v) is 24.7. The molecule has 0 radical (unpaired) electrons. The number of rotatable bonds is 10. The molecule has 0 spiro atoms. The van der Waals surface area contributed by atoms with E-state index in [-0.39, 0.29) is 22.5 Å². The van der Waals surface area contributed by atoms with E-state index < -0.39 is 61.8 Å². The van der Waals surface area contributed by atoms with Crippen LogP contribution in [0.15, 0.2) is 78.6 Å². The Hall–Kier alpha value is -3.44. The number of hydrogen-bond acceptors (Lipinski definition) is 15. The second-order valence-electron chi connectivity index (χ2n) is 8.07. The van der Waals surface area contributed by atoms with Crippen molar-refractivity contribution in [2.24, 2.45) is 10.2 Å². The van der Waals surface area contributed by atoms with Gasteiger partial charge in [0.05, 0.1) is 16.3 Å². The van der Waals surface area contributed by atoms with Crippen LogP contribution in [-0.2, 0) is 30.4 Å². The molecule has 0 unspecified atom stereocenters. The summed E-state index contributed by atoms with van der Waals surface area (Å²) in [5, 5.41) is 19.6. The van der Waals surface area contributed by atoms with Crippen molar-refractivity contribution < 1.29 is 44.0 Å². The van der Waals surface area contributed by atoms with Gasteiger partial charge >= 0.3 is 6.01 Å². The van der Waals surface area contributed by atoms with Gasteiger partial charge in [-0.15, -0.1) is 0 Å². The average Bonchev–Trinajstić information content (AvgIpc) is 2.88. The fourth-order valence-electron chi connectivity index (χ4n) is 3.45. The van der Waals surface area contributed by atoms with Crippen molar-refractivity contribution in [2.45, 2.75) is 19.8 Å². The molecule has 0 amide bonds. The lowest BCUT2D eigenvalue weighted by atomic mass is 10.1. The number of thiol groups is 1. The fourth-order valence-corrected chi connectivity index (χ4v) is 6.34. The van der Waals surface area contributed by atoms with Crippen LogP contribution in [0.2, 0.25) is 0 Å². The molecular formula is C21H18N6O10S5. The molecule has 4 rings (SSSR count). The molecule has 4 aromatic rings. The minimum atomic E-state index is -5.16. The van der Waals surface area contributed by atoms with Gasteiger partial charge in [0.25, 0.3) is 30.4 Å². The second-order valence-corrected chi connectivity index (χ2v) is 13.8. The summed E-state index contributed by atoms with van der Waals surface area (Å²) in [5.41, 5.74) is 0.416. The molecule has 0 fully saturated rings. The van der Waals surface area contributed by atoms with Gasteiger partial charge in [-0.25, -0.2) is 0 Å². The van der Waals surface area contributed by atoms with Crippen molar-refractivity contribution in [3.8, 4) is 6.01 Å². The lowest BCUT2D eigenvalue weighted by Crippen LogP contribution is -2.07. The molecule has 0 saturated carbocycles. The number of thioether (sulfide) groups is 1. The Balaban J connectivity index is 1.70. The van der Waals surface area contributed by atoms with E-state index in [0.717, 1.165) is 12.1 Å². The third kappa shape index (κ3) is 7.69. The quantitative estimate of drug-likeness (QED) is 0.0607. The van der Waals surface area contributed by atoms with Gasteiger partial charge in [0, 0.05) is 22.2 Å². The van der Waals surface area contributed by atoms with Crippen molar-refractivity contribution in [3.63, 3.8) is 0 Å². The molecule has 0 aliphatic rings. The van der Waals surface area contributed by atoms with Gasteiger partial charge in [0.2, 0.25) is 5.95 Å². The summed E-state index contributed by atoms with van der Waals surface area (Å²) < 4.78 is 100. The van der Waals surface area contributed by atoms with Gasteiger partial charge in [-0.05, 0) is 54.3 Å². The Morgan fingerprint density at radius 1 is 0.762 bits per heavy atom. The molecule has 3 aromatic carbocycles. The summed E-state index contributed by atoms with van der Waals surface area (Å²) in [4.78, 5) is 8.71. The zero-order chi connectivity index (χ0) is 30.9. The number of azo groups is 1. The van der Waals surface area contributed by atoms with Crippen LogP contribution >= 0.6 is 24.4 Å². The smallest absolute Gasteiger partial charge is 0.319 e. The summed E-state index contributed by atoms with van der Waals surface area (Å²) in [7, 11) is -15.3. The van der Waals surface area contributed by atoms with Crippen LogP contribution in [0.3, 0.4) is 0 Å². The highest BCUT2D eigenvalue weighted by atomic mass is 32.2. The van der Waals surface area contributed by atoms with E-state index in [1.165, 1.54) is 23.9 Å². The van der Waals surface area contributed by atoms with E-state index in [1.54, 1.807) is 12.1 Å². The molecule has 42 heavy (non-hydrogen) atoms. The van der Waals surface area contributed by atoms with Crippen LogP contribution in [0.25, 0.3) is 10.8 Å². The number of benzene rings is 3. The first kappa shape index (κ1) is 31.5. The summed E-state index contributed by atoms with van der Waals surface area (Å²) in [6.07, 6.45) is 0. The number of fused-ring (bicyclic) bond motifs is 1. The largest absolute Gasteiger partial charge is 0.479 e.